The molecule has 6 nitrogen and oxygen atoms in total. The molecule has 1 aliphatic heterocycles. The minimum absolute atomic E-state index is 0.0558. The molecule has 0 saturated carbocycles. The van der Waals surface area contributed by atoms with Crippen LogP contribution >= 0.6 is 0 Å². The van der Waals surface area contributed by atoms with Gasteiger partial charge < -0.3 is 24.7 Å². The van der Waals surface area contributed by atoms with Gasteiger partial charge in [-0.1, -0.05) is 43.0 Å². The van der Waals surface area contributed by atoms with Gasteiger partial charge in [0.25, 0.3) is 0 Å². The number of hydrogen-bond donors (Lipinski definition) is 2. The molecular weight excluding hydrogens is 404 g/mol. The molecular formula is C26H28N2O4. The molecule has 2 aromatic carbocycles. The topological polar surface area (TPSA) is 86.8 Å². The van der Waals surface area contributed by atoms with Crippen LogP contribution in [0.1, 0.15) is 18.1 Å². The van der Waals surface area contributed by atoms with E-state index in [0.29, 0.717) is 42.5 Å². The van der Waals surface area contributed by atoms with Crippen molar-refractivity contribution in [2.45, 2.75) is 13.3 Å². The number of nitrogen functional groups attached to an aromatic ring is 1. The van der Waals surface area contributed by atoms with Gasteiger partial charge in [0.1, 0.15) is 36.3 Å². The van der Waals surface area contributed by atoms with Crippen LogP contribution in [0.3, 0.4) is 0 Å². The third-order valence-corrected chi connectivity index (χ3v) is 4.87. The molecule has 0 radical (unpaired) electrons. The van der Waals surface area contributed by atoms with Gasteiger partial charge in [-0.25, -0.2) is 0 Å². The smallest absolute Gasteiger partial charge is 0.230 e. The van der Waals surface area contributed by atoms with Crippen LogP contribution in [0.25, 0.3) is 11.1 Å². The van der Waals surface area contributed by atoms with Gasteiger partial charge in [0.15, 0.2) is 5.76 Å². The van der Waals surface area contributed by atoms with Crippen LogP contribution in [-0.4, -0.2) is 25.8 Å². The largest absolute Gasteiger partial charge is 0.490 e. The van der Waals surface area contributed by atoms with Crippen LogP contribution in [0.4, 0.5) is 0 Å². The average Bonchev–Trinajstić information content (AvgIpc) is 3.21. The fourth-order valence-corrected chi connectivity index (χ4v) is 3.15. The van der Waals surface area contributed by atoms with E-state index in [-0.39, 0.29) is 12.6 Å². The SMILES string of the molecule is C=CCc1cc(-c2ccc(C(=N)N)cc2)ccc1OCCO/C(C=C)=C/C1=C(C)OCO1. The summed E-state index contributed by atoms with van der Waals surface area (Å²) in [5.74, 6) is 2.78. The van der Waals surface area contributed by atoms with E-state index in [1.165, 1.54) is 0 Å². The fourth-order valence-electron chi connectivity index (χ4n) is 3.15. The molecule has 0 spiro atoms. The van der Waals surface area contributed by atoms with Crippen LogP contribution in [0.15, 0.2) is 91.1 Å². The van der Waals surface area contributed by atoms with E-state index in [4.69, 9.17) is 30.1 Å². The molecule has 0 amide bonds. The molecule has 0 unspecified atom stereocenters. The Morgan fingerprint density at radius 2 is 1.84 bits per heavy atom. The molecule has 2 aromatic rings. The molecule has 3 rings (SSSR count). The number of hydrogen-bond acceptors (Lipinski definition) is 5. The first-order valence-electron chi connectivity index (χ1n) is 10.3. The first-order valence-corrected chi connectivity index (χ1v) is 10.3. The number of benzene rings is 2. The van der Waals surface area contributed by atoms with Crippen molar-refractivity contribution in [2.75, 3.05) is 20.0 Å². The summed E-state index contributed by atoms with van der Waals surface area (Å²) in [7, 11) is 0. The van der Waals surface area contributed by atoms with Crippen molar-refractivity contribution in [3.05, 3.63) is 102 Å². The zero-order chi connectivity index (χ0) is 22.9. The fraction of sp³-hybridized carbons (Fsp3) is 0.192. The Morgan fingerprint density at radius 1 is 1.09 bits per heavy atom. The van der Waals surface area contributed by atoms with Crippen LogP contribution in [-0.2, 0) is 20.6 Å². The third kappa shape index (κ3) is 5.82. The second-order valence-electron chi connectivity index (χ2n) is 7.08. The minimum atomic E-state index is 0.0558. The van der Waals surface area contributed by atoms with Gasteiger partial charge >= 0.3 is 0 Å². The van der Waals surface area contributed by atoms with Crippen LogP contribution in [0, 0.1) is 5.41 Å². The molecule has 6 heteroatoms. The van der Waals surface area contributed by atoms with Gasteiger partial charge in [-0.2, -0.15) is 0 Å². The second-order valence-corrected chi connectivity index (χ2v) is 7.08. The van der Waals surface area contributed by atoms with Crippen molar-refractivity contribution >= 4 is 5.84 Å². The van der Waals surface area contributed by atoms with E-state index in [2.05, 4.69) is 19.2 Å². The average molecular weight is 433 g/mol. The summed E-state index contributed by atoms with van der Waals surface area (Å²) in [4.78, 5) is 0. The number of allylic oxidation sites excluding steroid dienone is 4. The standard InChI is InChI=1S/C26H28N2O4/c1-4-6-22-15-21(19-7-9-20(10-8-19)26(27)28)11-12-24(22)30-14-13-29-23(5-2)16-25-18(3)31-17-32-25/h4-5,7-12,15-16H,1-2,6,13-14,17H2,3H3,(H3,27,28)/b23-16+. The van der Waals surface area contributed by atoms with Gasteiger partial charge in [-0.15, -0.1) is 6.58 Å². The Morgan fingerprint density at radius 3 is 2.47 bits per heavy atom. The Balaban J connectivity index is 1.64. The summed E-state index contributed by atoms with van der Waals surface area (Å²) in [6, 6.07) is 13.6. The van der Waals surface area contributed by atoms with Crippen molar-refractivity contribution < 1.29 is 18.9 Å². The maximum atomic E-state index is 7.53. The van der Waals surface area contributed by atoms with Crippen LogP contribution < -0.4 is 10.5 Å². The van der Waals surface area contributed by atoms with Crippen molar-refractivity contribution in [2.24, 2.45) is 5.73 Å². The molecule has 0 fully saturated rings. The lowest BCUT2D eigenvalue weighted by Crippen LogP contribution is -2.10. The number of nitrogens with two attached hydrogens (primary N) is 1. The van der Waals surface area contributed by atoms with Crippen molar-refractivity contribution in [1.82, 2.24) is 0 Å². The van der Waals surface area contributed by atoms with Gasteiger partial charge in [0.05, 0.1) is 0 Å². The highest BCUT2D eigenvalue weighted by atomic mass is 16.7. The Bertz CT molecular complexity index is 1050. The quantitative estimate of drug-likeness (QED) is 0.129. The summed E-state index contributed by atoms with van der Waals surface area (Å²) < 4.78 is 22.4. The zero-order valence-corrected chi connectivity index (χ0v) is 18.2. The predicted octanol–water partition coefficient (Wildman–Crippen LogP) is 5.07. The maximum absolute atomic E-state index is 7.53. The Hall–Kier alpha value is -3.93. The second kappa shape index (κ2) is 10.9. The van der Waals surface area contributed by atoms with Crippen LogP contribution in [0.2, 0.25) is 0 Å². The van der Waals surface area contributed by atoms with Gasteiger partial charge in [0, 0.05) is 11.6 Å². The van der Waals surface area contributed by atoms with Gasteiger partial charge in [0.2, 0.25) is 6.79 Å². The van der Waals surface area contributed by atoms with Crippen molar-refractivity contribution in [3.8, 4) is 16.9 Å². The molecule has 0 atom stereocenters. The lowest BCUT2D eigenvalue weighted by molar-refractivity contribution is 0.0744. The van der Waals surface area contributed by atoms with E-state index in [1.807, 2.05) is 49.4 Å². The first kappa shape index (κ1) is 22.7. The Kier molecular flexibility index (Phi) is 7.75. The third-order valence-electron chi connectivity index (χ3n) is 4.87. The van der Waals surface area contributed by atoms with Crippen molar-refractivity contribution in [1.29, 1.82) is 5.41 Å². The monoisotopic (exact) mass is 432 g/mol. The molecule has 0 aliphatic carbocycles. The summed E-state index contributed by atoms with van der Waals surface area (Å²) in [5, 5.41) is 7.53. The van der Waals surface area contributed by atoms with Crippen LogP contribution in [0.5, 0.6) is 5.75 Å². The lowest BCUT2D eigenvalue weighted by Gasteiger charge is -2.14. The molecule has 1 heterocycles. The maximum Gasteiger partial charge on any atom is 0.230 e. The zero-order valence-electron chi connectivity index (χ0n) is 18.2. The summed E-state index contributed by atoms with van der Waals surface area (Å²) >= 11 is 0. The Labute approximate surface area is 188 Å². The number of rotatable bonds is 11. The molecule has 0 aromatic heterocycles. The minimum Gasteiger partial charge on any atom is -0.490 e. The summed E-state index contributed by atoms with van der Waals surface area (Å²) in [6.45, 7) is 10.4. The van der Waals surface area contributed by atoms with Gasteiger partial charge in [-0.3, -0.25) is 5.41 Å². The van der Waals surface area contributed by atoms with Crippen molar-refractivity contribution in [3.63, 3.8) is 0 Å². The summed E-state index contributed by atoms with van der Waals surface area (Å²) in [5.41, 5.74) is 9.37. The lowest BCUT2D eigenvalue weighted by atomic mass is 9.99. The highest BCUT2D eigenvalue weighted by molar-refractivity contribution is 5.95. The molecule has 0 saturated heterocycles. The van der Waals surface area contributed by atoms with Gasteiger partial charge in [-0.05, 0) is 48.2 Å². The van der Waals surface area contributed by atoms with E-state index in [0.717, 1.165) is 22.4 Å². The molecule has 0 bridgehead atoms. The first-order chi connectivity index (χ1) is 15.5. The summed E-state index contributed by atoms with van der Waals surface area (Å²) in [6.07, 6.45) is 5.90. The predicted molar refractivity (Wildman–Crippen MR) is 126 cm³/mol. The molecule has 166 valence electrons. The number of nitrogens with one attached hydrogen (secondary N) is 1. The normalized spacial score (nSPS) is 13.2. The van der Waals surface area contributed by atoms with E-state index >= 15 is 0 Å². The molecule has 32 heavy (non-hydrogen) atoms. The van der Waals surface area contributed by atoms with E-state index in [1.54, 1.807) is 12.2 Å². The highest BCUT2D eigenvalue weighted by Gasteiger charge is 2.12. The highest BCUT2D eigenvalue weighted by Crippen LogP contribution is 2.28. The number of ether oxygens (including phenoxy) is 4. The van der Waals surface area contributed by atoms with E-state index in [9.17, 15) is 0 Å². The molecule has 3 N–H and O–H groups in total. The number of amidine groups is 1. The van der Waals surface area contributed by atoms with E-state index < -0.39 is 0 Å². The molecule has 1 aliphatic rings.